The van der Waals surface area contributed by atoms with Gasteiger partial charge in [0.2, 0.25) is 0 Å². The van der Waals surface area contributed by atoms with Gasteiger partial charge >= 0.3 is 0 Å². The van der Waals surface area contributed by atoms with E-state index in [1.54, 1.807) is 0 Å². The number of hydrogen-bond acceptors (Lipinski definition) is 3. The third-order valence-electron chi connectivity index (χ3n) is 4.70. The Morgan fingerprint density at radius 1 is 0.476 bits per heavy atom. The summed E-state index contributed by atoms with van der Waals surface area (Å²) in [4.78, 5) is 0. The average molecular weight is 316 g/mol. The predicted molar refractivity (Wildman–Crippen MR) is 99.8 cm³/mol. The van der Waals surface area contributed by atoms with Crippen LogP contribution in [0.4, 0.5) is 0 Å². The lowest BCUT2D eigenvalue weighted by Crippen LogP contribution is -2.14. The Labute approximate surface area is 136 Å². The molecule has 0 unspecified atom stereocenters. The van der Waals surface area contributed by atoms with Gasteiger partial charge in [-0.05, 0) is 43.9 Å². The second-order valence-electron chi connectivity index (χ2n) is 6.96. The number of hydrogen-bond donors (Lipinski definition) is 3. The highest BCUT2D eigenvalue weighted by atomic mass is 28.1. The van der Waals surface area contributed by atoms with Crippen LogP contribution in [0.1, 0.15) is 83.5 Å². The Morgan fingerprint density at radius 3 is 1.10 bits per heavy atom. The molecule has 0 aliphatic heterocycles. The Balaban J connectivity index is 3.98. The van der Waals surface area contributed by atoms with Crippen molar-refractivity contribution in [2.75, 3.05) is 19.6 Å². The largest absolute Gasteiger partial charge is 0.330 e. The Bertz CT molecular complexity index is 200. The van der Waals surface area contributed by atoms with Crippen LogP contribution >= 0.6 is 0 Å². The number of unbranched alkanes of at least 4 members (excludes halogenated alkanes) is 7. The van der Waals surface area contributed by atoms with Crippen LogP contribution < -0.4 is 17.2 Å². The fourth-order valence-electron chi connectivity index (χ4n) is 3.17. The van der Waals surface area contributed by atoms with E-state index in [-0.39, 0.29) is 0 Å². The summed E-state index contributed by atoms with van der Waals surface area (Å²) >= 11 is 0. The molecule has 0 rings (SSSR count). The molecule has 0 atom stereocenters. The Hall–Kier alpha value is 0.0969. The second-order valence-corrected chi connectivity index (χ2v) is 9.08. The van der Waals surface area contributed by atoms with Gasteiger partial charge in [-0.1, -0.05) is 64.2 Å². The molecule has 0 aromatic rings. The molecule has 0 aromatic heterocycles. The van der Waals surface area contributed by atoms with Crippen LogP contribution in [0.15, 0.2) is 0 Å². The first-order valence-corrected chi connectivity index (χ1v) is 10.3. The van der Waals surface area contributed by atoms with Crippen LogP contribution in [-0.2, 0) is 0 Å². The first-order valence-electron chi connectivity index (χ1n) is 9.29. The van der Waals surface area contributed by atoms with Crippen LogP contribution in [0.25, 0.3) is 0 Å². The maximum absolute atomic E-state index is 5.61. The van der Waals surface area contributed by atoms with Crippen LogP contribution in [-0.4, -0.2) is 29.9 Å². The van der Waals surface area contributed by atoms with E-state index in [9.17, 15) is 0 Å². The zero-order valence-electron chi connectivity index (χ0n) is 14.5. The van der Waals surface area contributed by atoms with Gasteiger partial charge in [-0.15, -0.1) is 0 Å². The lowest BCUT2D eigenvalue weighted by molar-refractivity contribution is 0.389. The van der Waals surface area contributed by atoms with Gasteiger partial charge < -0.3 is 17.2 Å². The van der Waals surface area contributed by atoms with E-state index in [0.717, 1.165) is 19.6 Å². The second kappa shape index (κ2) is 15.0. The van der Waals surface area contributed by atoms with Crippen LogP contribution in [0.2, 0.25) is 5.04 Å². The van der Waals surface area contributed by atoms with Crippen molar-refractivity contribution >= 4 is 10.2 Å². The fraction of sp³-hybridized carbons (Fsp3) is 1.00. The van der Waals surface area contributed by atoms with Crippen molar-refractivity contribution in [3.8, 4) is 0 Å². The highest BCUT2D eigenvalue weighted by Crippen LogP contribution is 2.40. The molecule has 6 N–H and O–H groups in total. The third-order valence-corrected chi connectivity index (χ3v) is 6.20. The van der Waals surface area contributed by atoms with E-state index in [1.165, 1.54) is 93.7 Å². The molecule has 0 bridgehead atoms. The minimum atomic E-state index is 0.673. The van der Waals surface area contributed by atoms with Gasteiger partial charge in [0, 0.05) is 10.2 Å². The summed E-state index contributed by atoms with van der Waals surface area (Å²) in [6.45, 7) is 2.55. The summed E-state index contributed by atoms with van der Waals surface area (Å²) in [6, 6.07) is 0. The molecule has 0 saturated carbocycles. The van der Waals surface area contributed by atoms with E-state index < -0.39 is 0 Å². The standard InChI is InChI=1S/C17H41N3Si/c18-14-8-2-1-5-11-17(21,12-6-3-9-15-19)13-7-4-10-16-20/h1-16,18-20H2,21H3. The Kier molecular flexibility index (Phi) is 15.1. The smallest absolute Gasteiger partial charge is 0.0106 e. The summed E-state index contributed by atoms with van der Waals surface area (Å²) < 4.78 is 0. The van der Waals surface area contributed by atoms with Gasteiger partial charge in [-0.3, -0.25) is 0 Å². The third kappa shape index (κ3) is 13.5. The quantitative estimate of drug-likeness (QED) is 0.302. The highest BCUT2D eigenvalue weighted by Gasteiger charge is 2.22. The van der Waals surface area contributed by atoms with Gasteiger partial charge in [0.25, 0.3) is 0 Å². The average Bonchev–Trinajstić information content (AvgIpc) is 2.48. The lowest BCUT2D eigenvalue weighted by atomic mass is 9.88. The molecule has 0 aromatic carbocycles. The normalized spacial score (nSPS) is 12.1. The van der Waals surface area contributed by atoms with Crippen LogP contribution in [0.5, 0.6) is 0 Å². The first-order chi connectivity index (χ1) is 10.2. The minimum Gasteiger partial charge on any atom is -0.330 e. The van der Waals surface area contributed by atoms with E-state index in [0.29, 0.717) is 5.04 Å². The van der Waals surface area contributed by atoms with Crippen molar-refractivity contribution in [2.45, 2.75) is 88.5 Å². The monoisotopic (exact) mass is 315 g/mol. The van der Waals surface area contributed by atoms with Gasteiger partial charge in [-0.2, -0.15) is 0 Å². The van der Waals surface area contributed by atoms with E-state index in [2.05, 4.69) is 0 Å². The van der Waals surface area contributed by atoms with Crippen molar-refractivity contribution in [2.24, 2.45) is 17.2 Å². The van der Waals surface area contributed by atoms with Gasteiger partial charge in [0.15, 0.2) is 0 Å². The first kappa shape index (κ1) is 21.1. The van der Waals surface area contributed by atoms with Gasteiger partial charge in [0.05, 0.1) is 0 Å². The molecule has 128 valence electrons. The molecule has 0 aliphatic rings. The molecule has 4 heteroatoms. The highest BCUT2D eigenvalue weighted by molar-refractivity contribution is 6.15. The maximum atomic E-state index is 5.61. The van der Waals surface area contributed by atoms with Crippen molar-refractivity contribution in [3.05, 3.63) is 0 Å². The van der Waals surface area contributed by atoms with Crippen molar-refractivity contribution < 1.29 is 0 Å². The lowest BCUT2D eigenvalue weighted by Gasteiger charge is -2.30. The summed E-state index contributed by atoms with van der Waals surface area (Å²) in [7, 11) is 1.34. The molecule has 0 radical (unpaired) electrons. The summed E-state index contributed by atoms with van der Waals surface area (Å²) in [5.74, 6) is 0. The van der Waals surface area contributed by atoms with Gasteiger partial charge in [0.1, 0.15) is 0 Å². The molecule has 0 saturated heterocycles. The van der Waals surface area contributed by atoms with Crippen molar-refractivity contribution in [1.29, 1.82) is 0 Å². The van der Waals surface area contributed by atoms with E-state index in [4.69, 9.17) is 17.2 Å². The molecule has 0 fully saturated rings. The predicted octanol–water partition coefficient (Wildman–Crippen LogP) is 2.46. The number of nitrogens with two attached hydrogens (primary N) is 3. The Morgan fingerprint density at radius 2 is 0.762 bits per heavy atom. The number of rotatable bonds is 16. The summed E-state index contributed by atoms with van der Waals surface area (Å²) in [5.41, 5.74) is 16.8. The fourth-order valence-corrected chi connectivity index (χ4v) is 4.23. The van der Waals surface area contributed by atoms with E-state index in [1.807, 2.05) is 0 Å². The molecule has 0 amide bonds. The summed E-state index contributed by atoms with van der Waals surface area (Å²) in [5, 5.41) is 0.673. The van der Waals surface area contributed by atoms with Crippen LogP contribution in [0.3, 0.4) is 0 Å². The van der Waals surface area contributed by atoms with Crippen molar-refractivity contribution in [3.63, 3.8) is 0 Å². The van der Waals surface area contributed by atoms with Gasteiger partial charge in [-0.25, -0.2) is 0 Å². The SMILES string of the molecule is NCCCCCCC([SiH3])(CCCCCN)CCCCCN. The topological polar surface area (TPSA) is 78.1 Å². The molecule has 21 heavy (non-hydrogen) atoms. The van der Waals surface area contributed by atoms with Crippen LogP contribution in [0, 0.1) is 0 Å². The molecule has 3 nitrogen and oxygen atoms in total. The molecular weight excluding hydrogens is 274 g/mol. The molecule has 0 spiro atoms. The maximum Gasteiger partial charge on any atom is 0.0106 e. The minimum absolute atomic E-state index is 0.673. The molecular formula is C17H41N3Si. The van der Waals surface area contributed by atoms with E-state index >= 15 is 0 Å². The summed E-state index contributed by atoms with van der Waals surface area (Å²) in [6.07, 6.45) is 17.3. The molecule has 0 heterocycles. The van der Waals surface area contributed by atoms with Crippen molar-refractivity contribution in [1.82, 2.24) is 0 Å². The molecule has 0 aliphatic carbocycles. The zero-order valence-corrected chi connectivity index (χ0v) is 16.5. The zero-order chi connectivity index (χ0) is 15.8.